The first kappa shape index (κ1) is 16.2. The molecule has 0 aromatic heterocycles. The second kappa shape index (κ2) is 6.43. The summed E-state index contributed by atoms with van der Waals surface area (Å²) in [5, 5.41) is 2.64. The van der Waals surface area contributed by atoms with Gasteiger partial charge in [0, 0.05) is 12.2 Å². The minimum Gasteiger partial charge on any atom is -0.340 e. The van der Waals surface area contributed by atoms with Crippen LogP contribution in [0, 0.1) is 19.7 Å². The highest BCUT2D eigenvalue weighted by molar-refractivity contribution is 6.04. The van der Waals surface area contributed by atoms with E-state index in [2.05, 4.69) is 5.32 Å². The van der Waals surface area contributed by atoms with Gasteiger partial charge < -0.3 is 10.2 Å². The molecule has 4 nitrogen and oxygen atoms in total. The van der Waals surface area contributed by atoms with E-state index in [9.17, 15) is 14.0 Å². The normalized spacial score (nSPS) is 17.2. The van der Waals surface area contributed by atoms with E-state index in [4.69, 9.17) is 0 Å². The van der Waals surface area contributed by atoms with Crippen LogP contribution >= 0.6 is 0 Å². The first-order valence-corrected chi connectivity index (χ1v) is 7.91. The van der Waals surface area contributed by atoms with Gasteiger partial charge in [0.05, 0.1) is 5.56 Å². The summed E-state index contributed by atoms with van der Waals surface area (Å²) in [6.45, 7) is 4.49. The largest absolute Gasteiger partial charge is 0.340 e. The molecule has 0 unspecified atom stereocenters. The monoisotopic (exact) mass is 326 g/mol. The molecule has 2 aromatic rings. The standard InChI is InChI=1S/C19H19FN2O2/c1-12-9-13(2)11-14(10-12)22-8-7-17(19(22)24)21-18(23)15-5-3-4-6-16(15)20/h3-6,9-11,17H,7-8H2,1-2H3,(H,21,23)/t17-/m1/s1. The molecule has 5 heteroatoms. The quantitative estimate of drug-likeness (QED) is 0.943. The molecule has 1 fully saturated rings. The lowest BCUT2D eigenvalue weighted by Crippen LogP contribution is -2.41. The molecule has 1 N–H and O–H groups in total. The van der Waals surface area contributed by atoms with Gasteiger partial charge in [0.2, 0.25) is 5.91 Å². The Balaban J connectivity index is 1.75. The summed E-state index contributed by atoms with van der Waals surface area (Å²) in [5.74, 6) is -1.31. The summed E-state index contributed by atoms with van der Waals surface area (Å²) in [6.07, 6.45) is 0.506. The lowest BCUT2D eigenvalue weighted by atomic mass is 10.1. The third-order valence-electron chi connectivity index (χ3n) is 4.15. The molecule has 1 saturated heterocycles. The number of halogens is 1. The van der Waals surface area contributed by atoms with Gasteiger partial charge in [-0.2, -0.15) is 0 Å². The van der Waals surface area contributed by atoms with E-state index in [1.807, 2.05) is 32.0 Å². The maximum absolute atomic E-state index is 13.7. The van der Waals surface area contributed by atoms with E-state index in [1.165, 1.54) is 18.2 Å². The number of aryl methyl sites for hydroxylation is 2. The first-order chi connectivity index (χ1) is 11.5. The molecule has 24 heavy (non-hydrogen) atoms. The topological polar surface area (TPSA) is 49.4 Å². The van der Waals surface area contributed by atoms with E-state index in [1.54, 1.807) is 11.0 Å². The summed E-state index contributed by atoms with van der Waals surface area (Å²) in [6, 6.07) is 11.1. The fourth-order valence-corrected chi connectivity index (χ4v) is 3.06. The molecule has 2 amide bonds. The summed E-state index contributed by atoms with van der Waals surface area (Å²) < 4.78 is 13.7. The molecular formula is C19H19FN2O2. The molecular weight excluding hydrogens is 307 g/mol. The van der Waals surface area contributed by atoms with E-state index in [0.29, 0.717) is 13.0 Å². The number of nitrogens with one attached hydrogen (secondary N) is 1. The molecule has 1 atom stereocenters. The molecule has 124 valence electrons. The fourth-order valence-electron chi connectivity index (χ4n) is 3.06. The number of hydrogen-bond acceptors (Lipinski definition) is 2. The smallest absolute Gasteiger partial charge is 0.254 e. The molecule has 0 radical (unpaired) electrons. The molecule has 0 bridgehead atoms. The van der Waals surface area contributed by atoms with Crippen LogP contribution in [-0.4, -0.2) is 24.4 Å². The predicted molar refractivity (Wildman–Crippen MR) is 90.5 cm³/mol. The third-order valence-corrected chi connectivity index (χ3v) is 4.15. The predicted octanol–water partition coefficient (Wildman–Crippen LogP) is 2.98. The van der Waals surface area contributed by atoms with Crippen LogP contribution in [0.1, 0.15) is 27.9 Å². The number of amides is 2. The van der Waals surface area contributed by atoms with Crippen LogP contribution in [0.2, 0.25) is 0 Å². The maximum atomic E-state index is 13.7. The van der Waals surface area contributed by atoms with Gasteiger partial charge in [-0.3, -0.25) is 9.59 Å². The summed E-state index contributed by atoms with van der Waals surface area (Å²) in [4.78, 5) is 26.5. The van der Waals surface area contributed by atoms with Crippen LogP contribution in [0.15, 0.2) is 42.5 Å². The summed E-state index contributed by atoms with van der Waals surface area (Å²) in [7, 11) is 0. The van der Waals surface area contributed by atoms with Crippen LogP contribution in [0.4, 0.5) is 10.1 Å². The Hall–Kier alpha value is -2.69. The van der Waals surface area contributed by atoms with E-state index < -0.39 is 17.8 Å². The number of carbonyl (C=O) groups is 2. The second-order valence-corrected chi connectivity index (χ2v) is 6.13. The van der Waals surface area contributed by atoms with Crippen LogP contribution in [0.5, 0.6) is 0 Å². The van der Waals surface area contributed by atoms with Gasteiger partial charge in [-0.1, -0.05) is 18.2 Å². The van der Waals surface area contributed by atoms with Gasteiger partial charge in [0.15, 0.2) is 0 Å². The number of rotatable bonds is 3. The molecule has 0 saturated carbocycles. The van der Waals surface area contributed by atoms with Crippen molar-refractivity contribution < 1.29 is 14.0 Å². The van der Waals surface area contributed by atoms with Crippen molar-refractivity contribution in [1.29, 1.82) is 0 Å². The Morgan fingerprint density at radius 2 is 1.83 bits per heavy atom. The number of hydrogen-bond donors (Lipinski definition) is 1. The van der Waals surface area contributed by atoms with E-state index in [-0.39, 0.29) is 11.5 Å². The number of anilines is 1. The van der Waals surface area contributed by atoms with Crippen LogP contribution in [0.25, 0.3) is 0 Å². The van der Waals surface area contributed by atoms with Crippen molar-refractivity contribution in [2.45, 2.75) is 26.3 Å². The highest BCUT2D eigenvalue weighted by Crippen LogP contribution is 2.24. The zero-order chi connectivity index (χ0) is 17.3. The van der Waals surface area contributed by atoms with Crippen LogP contribution in [0.3, 0.4) is 0 Å². The molecule has 1 heterocycles. The zero-order valence-electron chi connectivity index (χ0n) is 13.7. The van der Waals surface area contributed by atoms with E-state index >= 15 is 0 Å². The van der Waals surface area contributed by atoms with Crippen molar-refractivity contribution in [2.24, 2.45) is 0 Å². The van der Waals surface area contributed by atoms with Crippen molar-refractivity contribution in [2.75, 3.05) is 11.4 Å². The molecule has 1 aliphatic heterocycles. The van der Waals surface area contributed by atoms with Crippen molar-refractivity contribution in [3.63, 3.8) is 0 Å². The number of benzene rings is 2. The van der Waals surface area contributed by atoms with Gasteiger partial charge >= 0.3 is 0 Å². The highest BCUT2D eigenvalue weighted by Gasteiger charge is 2.34. The average molecular weight is 326 g/mol. The van der Waals surface area contributed by atoms with Gasteiger partial charge in [0.1, 0.15) is 11.9 Å². The minimum absolute atomic E-state index is 0.0462. The van der Waals surface area contributed by atoms with Gasteiger partial charge in [-0.05, 0) is 55.7 Å². The average Bonchev–Trinajstić information content (AvgIpc) is 2.87. The third kappa shape index (κ3) is 3.15. The van der Waals surface area contributed by atoms with Crippen molar-refractivity contribution in [3.8, 4) is 0 Å². The Morgan fingerprint density at radius 1 is 1.17 bits per heavy atom. The van der Waals surface area contributed by atoms with E-state index in [0.717, 1.165) is 16.8 Å². The van der Waals surface area contributed by atoms with Crippen LogP contribution < -0.4 is 10.2 Å². The number of nitrogens with zero attached hydrogens (tertiary/aromatic N) is 1. The van der Waals surface area contributed by atoms with Gasteiger partial charge in [0.25, 0.3) is 5.91 Å². The molecule has 1 aliphatic rings. The van der Waals surface area contributed by atoms with Gasteiger partial charge in [-0.25, -0.2) is 4.39 Å². The first-order valence-electron chi connectivity index (χ1n) is 7.91. The lowest BCUT2D eigenvalue weighted by Gasteiger charge is -2.18. The Labute approximate surface area is 140 Å². The zero-order valence-corrected chi connectivity index (χ0v) is 13.7. The molecule has 0 aliphatic carbocycles. The molecule has 0 spiro atoms. The van der Waals surface area contributed by atoms with Crippen LogP contribution in [-0.2, 0) is 4.79 Å². The Bertz CT molecular complexity index is 783. The molecule has 2 aromatic carbocycles. The Morgan fingerprint density at radius 3 is 2.50 bits per heavy atom. The highest BCUT2D eigenvalue weighted by atomic mass is 19.1. The SMILES string of the molecule is Cc1cc(C)cc(N2CC[C@@H](NC(=O)c3ccccc3F)C2=O)c1. The second-order valence-electron chi connectivity index (χ2n) is 6.13. The molecule has 3 rings (SSSR count). The maximum Gasteiger partial charge on any atom is 0.254 e. The summed E-state index contributed by atoms with van der Waals surface area (Å²) in [5.41, 5.74) is 2.95. The number of carbonyl (C=O) groups excluding carboxylic acids is 2. The minimum atomic E-state index is -0.627. The Kier molecular flexibility index (Phi) is 4.34. The fraction of sp³-hybridized carbons (Fsp3) is 0.263. The van der Waals surface area contributed by atoms with Gasteiger partial charge in [-0.15, -0.1) is 0 Å². The lowest BCUT2D eigenvalue weighted by molar-refractivity contribution is -0.118. The van der Waals surface area contributed by atoms with Crippen molar-refractivity contribution in [3.05, 3.63) is 65.0 Å². The van der Waals surface area contributed by atoms with Crippen molar-refractivity contribution >= 4 is 17.5 Å². The summed E-state index contributed by atoms with van der Waals surface area (Å²) >= 11 is 0. The van der Waals surface area contributed by atoms with Crippen molar-refractivity contribution in [1.82, 2.24) is 5.32 Å².